The molecule has 1 saturated heterocycles. The minimum Gasteiger partial charge on any atom is -0.304 e. The van der Waals surface area contributed by atoms with Crippen LogP contribution in [-0.4, -0.2) is 11.7 Å². The van der Waals surface area contributed by atoms with Gasteiger partial charge in [0, 0.05) is 20.8 Å². The summed E-state index contributed by atoms with van der Waals surface area (Å²) < 4.78 is 1.07. The number of nitrogens with zero attached hydrogens (tertiary/aromatic N) is 1. The third-order valence-corrected chi connectivity index (χ3v) is 6.57. The van der Waals surface area contributed by atoms with Crippen molar-refractivity contribution in [2.45, 2.75) is 17.9 Å². The average Bonchev–Trinajstić information content (AvgIpc) is 2.69. The highest BCUT2D eigenvalue weighted by Gasteiger charge is 2.48. The number of β-lactam (4-membered cyclic amide) rings is 1. The average molecular weight is 438 g/mol. The van der Waals surface area contributed by atoms with E-state index in [1.807, 2.05) is 47.4 Å². The molecule has 1 amide bonds. The number of anilines is 1. The number of hydrogen-bond acceptors (Lipinski definition) is 2. The molecular formula is C23H20BrNOS. The number of rotatable bonds is 5. The molecule has 3 aromatic rings. The van der Waals surface area contributed by atoms with Crippen LogP contribution in [0.1, 0.15) is 17.2 Å². The van der Waals surface area contributed by atoms with Crippen LogP contribution in [0.5, 0.6) is 0 Å². The van der Waals surface area contributed by atoms with Gasteiger partial charge >= 0.3 is 0 Å². The molecule has 0 spiro atoms. The molecule has 0 N–H and O–H groups in total. The summed E-state index contributed by atoms with van der Waals surface area (Å²) in [5.41, 5.74) is 3.37. The second-order valence-electron chi connectivity index (χ2n) is 6.77. The maximum atomic E-state index is 13.0. The van der Waals surface area contributed by atoms with Crippen LogP contribution in [0.4, 0.5) is 5.69 Å². The molecule has 1 fully saturated rings. The van der Waals surface area contributed by atoms with E-state index in [2.05, 4.69) is 59.3 Å². The zero-order chi connectivity index (χ0) is 18.8. The lowest BCUT2D eigenvalue weighted by Gasteiger charge is -2.47. The number of benzene rings is 3. The van der Waals surface area contributed by atoms with Crippen molar-refractivity contribution in [3.8, 4) is 0 Å². The third-order valence-electron chi connectivity index (χ3n) is 4.91. The van der Waals surface area contributed by atoms with Crippen LogP contribution in [0.3, 0.4) is 0 Å². The van der Waals surface area contributed by atoms with E-state index in [4.69, 9.17) is 0 Å². The number of carbonyl (C=O) groups is 1. The fourth-order valence-corrected chi connectivity index (χ4v) is 4.74. The van der Waals surface area contributed by atoms with E-state index in [1.54, 1.807) is 11.8 Å². The van der Waals surface area contributed by atoms with E-state index in [0.29, 0.717) is 0 Å². The van der Waals surface area contributed by atoms with Gasteiger partial charge in [-0.1, -0.05) is 64.0 Å². The van der Waals surface area contributed by atoms with Gasteiger partial charge in [-0.05, 0) is 48.9 Å². The van der Waals surface area contributed by atoms with E-state index in [0.717, 1.165) is 15.9 Å². The van der Waals surface area contributed by atoms with Gasteiger partial charge in [-0.2, -0.15) is 0 Å². The molecule has 0 aliphatic carbocycles. The zero-order valence-electron chi connectivity index (χ0n) is 15.0. The molecule has 2 nitrogen and oxygen atoms in total. The van der Waals surface area contributed by atoms with Crippen molar-refractivity contribution in [2.75, 3.05) is 10.7 Å². The Labute approximate surface area is 172 Å². The summed E-state index contributed by atoms with van der Waals surface area (Å²) in [5.74, 6) is 0.974. The van der Waals surface area contributed by atoms with Crippen LogP contribution in [0.2, 0.25) is 0 Å². The minimum absolute atomic E-state index is 0.0117. The zero-order valence-corrected chi connectivity index (χ0v) is 17.4. The highest BCUT2D eigenvalue weighted by Crippen LogP contribution is 2.45. The second-order valence-corrected chi connectivity index (χ2v) is 8.78. The molecule has 1 aliphatic rings. The van der Waals surface area contributed by atoms with Gasteiger partial charge in [0.2, 0.25) is 5.91 Å². The van der Waals surface area contributed by atoms with E-state index >= 15 is 0 Å². The van der Waals surface area contributed by atoms with E-state index in [9.17, 15) is 4.79 Å². The highest BCUT2D eigenvalue weighted by atomic mass is 79.9. The molecule has 4 rings (SSSR count). The number of carbonyl (C=O) groups excluding carboxylic acids is 1. The van der Waals surface area contributed by atoms with Crippen molar-refractivity contribution in [3.05, 3.63) is 94.5 Å². The number of aryl methyl sites for hydroxylation is 1. The van der Waals surface area contributed by atoms with Crippen LogP contribution < -0.4 is 4.90 Å². The van der Waals surface area contributed by atoms with Gasteiger partial charge in [0.05, 0.1) is 12.0 Å². The summed E-state index contributed by atoms with van der Waals surface area (Å²) in [7, 11) is 0. The maximum Gasteiger partial charge on any atom is 0.233 e. The predicted octanol–water partition coefficient (Wildman–Crippen LogP) is 6.25. The van der Waals surface area contributed by atoms with Crippen molar-refractivity contribution in [3.63, 3.8) is 0 Å². The minimum atomic E-state index is -0.0117. The summed E-state index contributed by atoms with van der Waals surface area (Å²) in [6.07, 6.45) is 0. The molecule has 0 bridgehead atoms. The molecule has 1 aliphatic heterocycles. The van der Waals surface area contributed by atoms with E-state index in [1.165, 1.54) is 16.0 Å². The van der Waals surface area contributed by atoms with Crippen molar-refractivity contribution < 1.29 is 4.79 Å². The fourth-order valence-electron chi connectivity index (χ4n) is 3.45. The predicted molar refractivity (Wildman–Crippen MR) is 116 cm³/mol. The number of halogens is 1. The summed E-state index contributed by atoms with van der Waals surface area (Å²) in [5, 5.41) is 0. The lowest BCUT2D eigenvalue weighted by Crippen LogP contribution is -2.56. The van der Waals surface area contributed by atoms with Crippen LogP contribution >= 0.6 is 27.7 Å². The lowest BCUT2D eigenvalue weighted by atomic mass is 9.83. The number of amides is 1. The molecule has 0 unspecified atom stereocenters. The molecule has 1 heterocycles. The molecule has 3 aromatic carbocycles. The Hall–Kier alpha value is -2.04. The van der Waals surface area contributed by atoms with Crippen molar-refractivity contribution >= 4 is 39.3 Å². The first-order valence-electron chi connectivity index (χ1n) is 8.96. The van der Waals surface area contributed by atoms with Crippen LogP contribution in [-0.2, 0) is 4.79 Å². The Balaban J connectivity index is 1.58. The molecule has 27 heavy (non-hydrogen) atoms. The van der Waals surface area contributed by atoms with Crippen LogP contribution in [0, 0.1) is 12.8 Å². The third kappa shape index (κ3) is 3.83. The van der Waals surface area contributed by atoms with Crippen molar-refractivity contribution in [2.24, 2.45) is 5.92 Å². The summed E-state index contributed by atoms with van der Waals surface area (Å²) in [6, 6.07) is 26.9. The Kier molecular flexibility index (Phi) is 5.37. The Morgan fingerprint density at radius 1 is 0.926 bits per heavy atom. The van der Waals surface area contributed by atoms with Gasteiger partial charge in [-0.15, -0.1) is 11.8 Å². The first-order chi connectivity index (χ1) is 13.1. The molecular weight excluding hydrogens is 418 g/mol. The standard InChI is InChI=1S/C23H20BrNOS/c1-16-7-11-19(12-8-16)25-22(17-5-3-2-4-6-17)21(23(25)26)15-27-20-13-9-18(24)10-14-20/h2-14,21-22H,15H2,1H3/t21-,22+/m0/s1. The van der Waals surface area contributed by atoms with Crippen molar-refractivity contribution in [1.82, 2.24) is 0 Å². The SMILES string of the molecule is Cc1ccc(N2C(=O)[C@@H](CSc3ccc(Br)cc3)[C@H]2c2ccccc2)cc1. The first-order valence-corrected chi connectivity index (χ1v) is 10.7. The highest BCUT2D eigenvalue weighted by molar-refractivity contribution is 9.10. The second kappa shape index (κ2) is 7.91. The normalized spacial score (nSPS) is 19.0. The van der Waals surface area contributed by atoms with E-state index in [-0.39, 0.29) is 17.9 Å². The smallest absolute Gasteiger partial charge is 0.233 e. The van der Waals surface area contributed by atoms with Crippen molar-refractivity contribution in [1.29, 1.82) is 0 Å². The number of thioether (sulfide) groups is 1. The topological polar surface area (TPSA) is 20.3 Å². The molecule has 0 aromatic heterocycles. The first kappa shape index (κ1) is 18.3. The van der Waals surface area contributed by atoms with Gasteiger partial charge in [0.1, 0.15) is 0 Å². The van der Waals surface area contributed by atoms with Gasteiger partial charge in [0.15, 0.2) is 0 Å². The number of hydrogen-bond donors (Lipinski definition) is 0. The largest absolute Gasteiger partial charge is 0.304 e. The molecule has 0 radical (unpaired) electrons. The summed E-state index contributed by atoms with van der Waals surface area (Å²) in [6.45, 7) is 2.06. The Bertz CT molecular complexity index is 925. The maximum absolute atomic E-state index is 13.0. The summed E-state index contributed by atoms with van der Waals surface area (Å²) >= 11 is 5.22. The van der Waals surface area contributed by atoms with Crippen LogP contribution in [0.15, 0.2) is 88.2 Å². The van der Waals surface area contributed by atoms with Gasteiger partial charge in [0.25, 0.3) is 0 Å². The van der Waals surface area contributed by atoms with Gasteiger partial charge < -0.3 is 4.90 Å². The molecule has 136 valence electrons. The Morgan fingerprint density at radius 3 is 2.26 bits per heavy atom. The van der Waals surface area contributed by atoms with Crippen LogP contribution in [0.25, 0.3) is 0 Å². The molecule has 4 heteroatoms. The quantitative estimate of drug-likeness (QED) is 0.347. The van der Waals surface area contributed by atoms with Gasteiger partial charge in [-0.3, -0.25) is 4.79 Å². The Morgan fingerprint density at radius 2 is 1.59 bits per heavy atom. The molecule has 2 atom stereocenters. The monoisotopic (exact) mass is 437 g/mol. The lowest BCUT2D eigenvalue weighted by molar-refractivity contribution is -0.129. The van der Waals surface area contributed by atoms with Gasteiger partial charge in [-0.25, -0.2) is 0 Å². The molecule has 0 saturated carbocycles. The summed E-state index contributed by atoms with van der Waals surface area (Å²) in [4.78, 5) is 16.1. The van der Waals surface area contributed by atoms with E-state index < -0.39 is 0 Å². The fraction of sp³-hybridized carbons (Fsp3) is 0.174.